The topological polar surface area (TPSA) is 37.3 Å². The highest BCUT2D eigenvalue weighted by atomic mass is 19.1. The van der Waals surface area contributed by atoms with Crippen LogP contribution in [0.1, 0.15) is 65.7 Å². The van der Waals surface area contributed by atoms with Crippen LogP contribution in [0.5, 0.6) is 0 Å². The van der Waals surface area contributed by atoms with Gasteiger partial charge in [0.2, 0.25) is 0 Å². The molecule has 0 heterocycles. The van der Waals surface area contributed by atoms with Gasteiger partial charge in [0, 0.05) is 17.8 Å². The molecule has 0 spiro atoms. The monoisotopic (exact) mass is 318 g/mol. The van der Waals surface area contributed by atoms with Crippen LogP contribution in [0.15, 0.2) is 22.8 Å². The molecule has 4 rings (SSSR count). The number of halogens is 1. The highest BCUT2D eigenvalue weighted by molar-refractivity contribution is 5.91. The molecule has 4 aliphatic carbocycles. The van der Waals surface area contributed by atoms with Crippen LogP contribution in [-0.4, -0.2) is 22.7 Å². The number of hydrogen-bond acceptors (Lipinski definition) is 2. The first-order chi connectivity index (χ1) is 10.7. The van der Waals surface area contributed by atoms with E-state index in [2.05, 4.69) is 13.8 Å². The molecule has 4 aliphatic rings. The third-order valence-electron chi connectivity index (χ3n) is 7.50. The second-order valence-corrected chi connectivity index (χ2v) is 8.93. The average Bonchev–Trinajstić information content (AvgIpc) is 2.77. The second kappa shape index (κ2) is 4.56. The molecular formula is C20H27FO2. The van der Waals surface area contributed by atoms with Crippen LogP contribution >= 0.6 is 0 Å². The molecule has 1 fully saturated rings. The van der Waals surface area contributed by atoms with Crippen LogP contribution in [0.2, 0.25) is 0 Å². The van der Waals surface area contributed by atoms with Crippen molar-refractivity contribution in [3.8, 4) is 0 Å². The van der Waals surface area contributed by atoms with E-state index in [1.165, 1.54) is 11.1 Å². The smallest absolute Gasteiger partial charge is 0.155 e. The van der Waals surface area contributed by atoms with Crippen molar-refractivity contribution in [2.75, 3.05) is 0 Å². The van der Waals surface area contributed by atoms with Crippen molar-refractivity contribution in [1.82, 2.24) is 0 Å². The number of ketones is 1. The molecule has 0 bridgehead atoms. The average molecular weight is 318 g/mol. The van der Waals surface area contributed by atoms with E-state index in [1.54, 1.807) is 6.08 Å². The summed E-state index contributed by atoms with van der Waals surface area (Å²) in [7, 11) is 0. The van der Waals surface area contributed by atoms with E-state index in [1.807, 2.05) is 6.92 Å². The molecule has 1 saturated carbocycles. The van der Waals surface area contributed by atoms with E-state index in [0.29, 0.717) is 19.3 Å². The Morgan fingerprint density at radius 2 is 1.91 bits per heavy atom. The summed E-state index contributed by atoms with van der Waals surface area (Å²) in [6.07, 6.45) is 5.69. The molecule has 0 aromatic rings. The fourth-order valence-electron chi connectivity index (χ4n) is 5.98. The van der Waals surface area contributed by atoms with Crippen molar-refractivity contribution >= 4 is 5.78 Å². The number of carbonyl (C=O) groups is 1. The lowest BCUT2D eigenvalue weighted by Crippen LogP contribution is -2.62. The Bertz CT molecular complexity index is 644. The summed E-state index contributed by atoms with van der Waals surface area (Å²) in [5.74, 6) is -0.0508. The molecule has 0 saturated heterocycles. The van der Waals surface area contributed by atoms with Gasteiger partial charge in [0.05, 0.1) is 6.10 Å². The molecule has 0 radical (unpaired) electrons. The molecule has 126 valence electrons. The quantitative estimate of drug-likeness (QED) is 0.677. The number of alkyl halides is 1. The molecule has 0 aliphatic heterocycles. The van der Waals surface area contributed by atoms with Gasteiger partial charge in [-0.15, -0.1) is 0 Å². The van der Waals surface area contributed by atoms with Crippen molar-refractivity contribution in [3.05, 3.63) is 22.8 Å². The van der Waals surface area contributed by atoms with Crippen LogP contribution in [-0.2, 0) is 4.79 Å². The first kappa shape index (κ1) is 15.6. The van der Waals surface area contributed by atoms with Gasteiger partial charge < -0.3 is 5.11 Å². The molecule has 1 N–H and O–H groups in total. The number of aliphatic hydroxyl groups excluding tert-OH is 1. The lowest BCUT2D eigenvalue weighted by Gasteiger charge is -2.58. The molecule has 0 aromatic heterocycles. The van der Waals surface area contributed by atoms with E-state index in [0.717, 1.165) is 31.3 Å². The zero-order chi connectivity index (χ0) is 16.6. The van der Waals surface area contributed by atoms with E-state index < -0.39 is 17.2 Å². The van der Waals surface area contributed by atoms with Gasteiger partial charge >= 0.3 is 0 Å². The van der Waals surface area contributed by atoms with Gasteiger partial charge in [-0.2, -0.15) is 0 Å². The number of allylic oxidation sites excluding steroid dienone is 3. The van der Waals surface area contributed by atoms with E-state index in [-0.39, 0.29) is 17.1 Å². The van der Waals surface area contributed by atoms with E-state index in [9.17, 15) is 9.90 Å². The Hall–Kier alpha value is -0.960. The SMILES string of the molecule is CC1(C)CCC2=C1CC(O)C1(F)C2CCC2=CC(=O)CCC21C. The Balaban J connectivity index is 1.85. The molecule has 4 atom stereocenters. The zero-order valence-corrected chi connectivity index (χ0v) is 14.4. The second-order valence-electron chi connectivity index (χ2n) is 8.93. The molecule has 4 unspecified atom stereocenters. The van der Waals surface area contributed by atoms with Gasteiger partial charge in [-0.3, -0.25) is 4.79 Å². The lowest BCUT2D eigenvalue weighted by atomic mass is 9.49. The minimum atomic E-state index is -1.61. The minimum Gasteiger partial charge on any atom is -0.389 e. The molecule has 23 heavy (non-hydrogen) atoms. The van der Waals surface area contributed by atoms with Gasteiger partial charge in [-0.25, -0.2) is 4.39 Å². The Morgan fingerprint density at radius 3 is 2.65 bits per heavy atom. The van der Waals surface area contributed by atoms with Gasteiger partial charge in [0.25, 0.3) is 0 Å². The maximum Gasteiger partial charge on any atom is 0.155 e. The van der Waals surface area contributed by atoms with Crippen LogP contribution in [0.3, 0.4) is 0 Å². The van der Waals surface area contributed by atoms with Gasteiger partial charge in [-0.1, -0.05) is 37.5 Å². The van der Waals surface area contributed by atoms with Crippen molar-refractivity contribution < 1.29 is 14.3 Å². The highest BCUT2D eigenvalue weighted by Gasteiger charge is 2.65. The lowest BCUT2D eigenvalue weighted by molar-refractivity contribution is -0.140. The molecule has 3 heteroatoms. The standard InChI is InChI=1S/C20H27FO2/c1-18(2)8-7-14-15-5-4-12-10-13(22)6-9-19(12,3)20(15,21)17(23)11-16(14)18/h10,15,17,23H,4-9,11H2,1-3H3. The Kier molecular flexibility index (Phi) is 3.09. The van der Waals surface area contributed by atoms with Crippen LogP contribution in [0.4, 0.5) is 4.39 Å². The van der Waals surface area contributed by atoms with Crippen molar-refractivity contribution in [1.29, 1.82) is 0 Å². The fraction of sp³-hybridized carbons (Fsp3) is 0.750. The third-order valence-corrected chi connectivity index (χ3v) is 7.50. The summed E-state index contributed by atoms with van der Waals surface area (Å²) in [4.78, 5) is 11.8. The van der Waals surface area contributed by atoms with Crippen LogP contribution < -0.4 is 0 Å². The third kappa shape index (κ3) is 1.80. The first-order valence-corrected chi connectivity index (χ1v) is 9.03. The maximum absolute atomic E-state index is 16.5. The van der Waals surface area contributed by atoms with Crippen LogP contribution in [0, 0.1) is 16.7 Å². The fourth-order valence-corrected chi connectivity index (χ4v) is 5.98. The number of hydrogen-bond donors (Lipinski definition) is 1. The molecule has 0 amide bonds. The maximum atomic E-state index is 16.5. The van der Waals surface area contributed by atoms with Crippen LogP contribution in [0.25, 0.3) is 0 Å². The van der Waals surface area contributed by atoms with Crippen molar-refractivity contribution in [3.63, 3.8) is 0 Å². The summed E-state index contributed by atoms with van der Waals surface area (Å²) < 4.78 is 16.5. The highest BCUT2D eigenvalue weighted by Crippen LogP contribution is 2.65. The zero-order valence-electron chi connectivity index (χ0n) is 14.4. The summed E-state index contributed by atoms with van der Waals surface area (Å²) in [6, 6.07) is 0. The van der Waals surface area contributed by atoms with Crippen molar-refractivity contribution in [2.45, 2.75) is 77.5 Å². The van der Waals surface area contributed by atoms with Gasteiger partial charge in [0.1, 0.15) is 0 Å². The summed E-state index contributed by atoms with van der Waals surface area (Å²) in [5.41, 5.74) is 1.34. The number of rotatable bonds is 0. The molecule has 2 nitrogen and oxygen atoms in total. The summed E-state index contributed by atoms with van der Waals surface area (Å²) in [5, 5.41) is 10.9. The summed E-state index contributed by atoms with van der Waals surface area (Å²) >= 11 is 0. The van der Waals surface area contributed by atoms with E-state index in [4.69, 9.17) is 0 Å². The Labute approximate surface area is 137 Å². The predicted octanol–water partition coefficient (Wildman–Crippen LogP) is 4.28. The first-order valence-electron chi connectivity index (χ1n) is 9.03. The number of carbonyl (C=O) groups excluding carboxylic acids is 1. The minimum absolute atomic E-state index is 0.0944. The normalized spacial score (nSPS) is 45.3. The summed E-state index contributed by atoms with van der Waals surface area (Å²) in [6.45, 7) is 6.40. The Morgan fingerprint density at radius 1 is 1.17 bits per heavy atom. The number of fused-ring (bicyclic) bond motifs is 4. The largest absolute Gasteiger partial charge is 0.389 e. The predicted molar refractivity (Wildman–Crippen MR) is 87.7 cm³/mol. The van der Waals surface area contributed by atoms with Crippen molar-refractivity contribution in [2.24, 2.45) is 16.7 Å². The van der Waals surface area contributed by atoms with E-state index >= 15 is 4.39 Å². The van der Waals surface area contributed by atoms with Gasteiger partial charge in [0.15, 0.2) is 11.5 Å². The van der Waals surface area contributed by atoms with Gasteiger partial charge in [-0.05, 0) is 50.0 Å². The molecule has 0 aromatic carbocycles. The molecular weight excluding hydrogens is 291 g/mol. The number of aliphatic hydroxyl groups is 1.